The summed E-state index contributed by atoms with van der Waals surface area (Å²) in [6, 6.07) is 5.61. The Balaban J connectivity index is 1.43. The van der Waals surface area contributed by atoms with Crippen molar-refractivity contribution in [3.05, 3.63) is 56.9 Å². The minimum atomic E-state index is -0.133. The van der Waals surface area contributed by atoms with E-state index in [1.807, 2.05) is 19.1 Å². The number of halogens is 1. The van der Waals surface area contributed by atoms with Crippen LogP contribution in [0.5, 0.6) is 0 Å². The average molecular weight is 428 g/mol. The third-order valence-corrected chi connectivity index (χ3v) is 6.40. The maximum absolute atomic E-state index is 12.6. The lowest BCUT2D eigenvalue weighted by Gasteiger charge is -2.33. The molecule has 0 saturated heterocycles. The number of imidazole rings is 1. The minimum absolute atomic E-state index is 0.0385. The van der Waals surface area contributed by atoms with E-state index in [4.69, 9.17) is 11.6 Å². The van der Waals surface area contributed by atoms with Crippen LogP contribution in [0.25, 0.3) is 11.2 Å². The molecule has 8 heteroatoms. The SMILES string of the molecule is Cc1ccc2[nH]c(=O)n(C(C)[C@H]3CC[C@H](NC(=O)c4cc(Cl)cnc4C)CC3)c2n1. The number of aromatic amines is 1. The summed E-state index contributed by atoms with van der Waals surface area (Å²) in [7, 11) is 0. The van der Waals surface area contributed by atoms with E-state index in [0.29, 0.717) is 27.8 Å². The molecule has 1 amide bonds. The van der Waals surface area contributed by atoms with E-state index in [2.05, 4.69) is 27.2 Å². The van der Waals surface area contributed by atoms with Crippen LogP contribution in [0.2, 0.25) is 5.02 Å². The Bertz CT molecular complexity index is 1140. The van der Waals surface area contributed by atoms with Crippen molar-refractivity contribution < 1.29 is 4.79 Å². The second kappa shape index (κ2) is 8.22. The molecule has 0 bridgehead atoms. The van der Waals surface area contributed by atoms with Gasteiger partial charge in [0.05, 0.1) is 21.8 Å². The highest BCUT2D eigenvalue weighted by Crippen LogP contribution is 2.33. The van der Waals surface area contributed by atoms with Crippen LogP contribution >= 0.6 is 11.6 Å². The van der Waals surface area contributed by atoms with Gasteiger partial charge >= 0.3 is 5.69 Å². The molecular formula is C22H26ClN5O2. The number of nitrogens with zero attached hydrogens (tertiary/aromatic N) is 3. The molecule has 0 aliphatic heterocycles. The van der Waals surface area contributed by atoms with Crippen molar-refractivity contribution in [2.75, 3.05) is 0 Å². The third-order valence-electron chi connectivity index (χ3n) is 6.20. The number of H-pyrrole nitrogens is 1. The van der Waals surface area contributed by atoms with E-state index >= 15 is 0 Å². The topological polar surface area (TPSA) is 92.7 Å². The molecule has 30 heavy (non-hydrogen) atoms. The highest BCUT2D eigenvalue weighted by molar-refractivity contribution is 6.30. The minimum Gasteiger partial charge on any atom is -0.349 e. The van der Waals surface area contributed by atoms with Crippen LogP contribution in [0.3, 0.4) is 0 Å². The number of hydrogen-bond donors (Lipinski definition) is 2. The highest BCUT2D eigenvalue weighted by Gasteiger charge is 2.29. The lowest BCUT2D eigenvalue weighted by Crippen LogP contribution is -2.39. The molecule has 7 nitrogen and oxygen atoms in total. The molecule has 3 aromatic rings. The number of carbonyl (C=O) groups is 1. The van der Waals surface area contributed by atoms with Crippen molar-refractivity contribution in [2.45, 2.75) is 58.5 Å². The number of aromatic nitrogens is 4. The summed E-state index contributed by atoms with van der Waals surface area (Å²) in [6.07, 6.45) is 5.16. The Morgan fingerprint density at radius 1 is 1.27 bits per heavy atom. The summed E-state index contributed by atoms with van der Waals surface area (Å²) in [5.74, 6) is 0.221. The molecule has 2 N–H and O–H groups in total. The van der Waals surface area contributed by atoms with E-state index in [1.165, 1.54) is 0 Å². The molecule has 1 aliphatic rings. The summed E-state index contributed by atoms with van der Waals surface area (Å²) >= 11 is 5.99. The van der Waals surface area contributed by atoms with Gasteiger partial charge in [0.25, 0.3) is 5.91 Å². The number of aryl methyl sites for hydroxylation is 2. The second-order valence-electron chi connectivity index (χ2n) is 8.24. The fourth-order valence-corrected chi connectivity index (χ4v) is 4.59. The number of carbonyl (C=O) groups excluding carboxylic acids is 1. The maximum atomic E-state index is 12.6. The van der Waals surface area contributed by atoms with Crippen LogP contribution in [0.15, 0.2) is 29.2 Å². The van der Waals surface area contributed by atoms with Crippen molar-refractivity contribution in [2.24, 2.45) is 5.92 Å². The van der Waals surface area contributed by atoms with E-state index in [0.717, 1.165) is 36.9 Å². The second-order valence-corrected chi connectivity index (χ2v) is 8.67. The maximum Gasteiger partial charge on any atom is 0.327 e. The molecule has 158 valence electrons. The predicted octanol–water partition coefficient (Wildman–Crippen LogP) is 3.94. The molecule has 1 fully saturated rings. The van der Waals surface area contributed by atoms with Gasteiger partial charge in [0.15, 0.2) is 5.65 Å². The van der Waals surface area contributed by atoms with Crippen molar-refractivity contribution in [1.82, 2.24) is 24.8 Å². The Morgan fingerprint density at radius 3 is 2.73 bits per heavy atom. The van der Waals surface area contributed by atoms with Gasteiger partial charge in [-0.25, -0.2) is 9.78 Å². The van der Waals surface area contributed by atoms with E-state index in [9.17, 15) is 9.59 Å². The molecule has 3 heterocycles. The summed E-state index contributed by atoms with van der Waals surface area (Å²) in [4.78, 5) is 36.8. The zero-order valence-corrected chi connectivity index (χ0v) is 18.2. The van der Waals surface area contributed by atoms with Crippen LogP contribution in [0.4, 0.5) is 0 Å². The first kappa shape index (κ1) is 20.6. The van der Waals surface area contributed by atoms with E-state index < -0.39 is 0 Å². The van der Waals surface area contributed by atoms with Gasteiger partial charge in [-0.1, -0.05) is 11.6 Å². The summed E-state index contributed by atoms with van der Waals surface area (Å²) in [5.41, 5.74) is 3.44. The molecule has 1 unspecified atom stereocenters. The summed E-state index contributed by atoms with van der Waals surface area (Å²) in [6.45, 7) is 5.82. The van der Waals surface area contributed by atoms with Crippen molar-refractivity contribution in [3.63, 3.8) is 0 Å². The van der Waals surface area contributed by atoms with Gasteiger partial charge in [0.2, 0.25) is 0 Å². The van der Waals surface area contributed by atoms with Crippen LogP contribution in [0, 0.1) is 19.8 Å². The van der Waals surface area contributed by atoms with Gasteiger partial charge in [-0.3, -0.25) is 14.3 Å². The van der Waals surface area contributed by atoms with Gasteiger partial charge < -0.3 is 10.3 Å². The van der Waals surface area contributed by atoms with E-state index in [-0.39, 0.29) is 23.7 Å². The normalized spacial score (nSPS) is 20.3. The van der Waals surface area contributed by atoms with Crippen molar-refractivity contribution >= 4 is 28.7 Å². The van der Waals surface area contributed by atoms with Crippen molar-refractivity contribution in [1.29, 1.82) is 0 Å². The van der Waals surface area contributed by atoms with Gasteiger partial charge in [-0.2, -0.15) is 0 Å². The van der Waals surface area contributed by atoms with Crippen LogP contribution in [-0.2, 0) is 0 Å². The number of amides is 1. The molecule has 1 aliphatic carbocycles. The number of fused-ring (bicyclic) bond motifs is 1. The Labute approximate surface area is 179 Å². The fraction of sp³-hybridized carbons (Fsp3) is 0.455. The fourth-order valence-electron chi connectivity index (χ4n) is 4.43. The van der Waals surface area contributed by atoms with Gasteiger partial charge in [-0.15, -0.1) is 0 Å². The van der Waals surface area contributed by atoms with Gasteiger partial charge in [0, 0.05) is 24.0 Å². The Kier molecular flexibility index (Phi) is 5.64. The number of nitrogens with one attached hydrogen (secondary N) is 2. The van der Waals surface area contributed by atoms with Gasteiger partial charge in [0.1, 0.15) is 0 Å². The third kappa shape index (κ3) is 3.99. The molecule has 4 rings (SSSR count). The first-order valence-electron chi connectivity index (χ1n) is 10.3. The lowest BCUT2D eigenvalue weighted by molar-refractivity contribution is 0.0916. The summed E-state index contributed by atoms with van der Waals surface area (Å²) in [5, 5.41) is 3.58. The Morgan fingerprint density at radius 2 is 2.00 bits per heavy atom. The molecule has 1 atom stereocenters. The highest BCUT2D eigenvalue weighted by atomic mass is 35.5. The quantitative estimate of drug-likeness (QED) is 0.659. The van der Waals surface area contributed by atoms with Gasteiger partial charge in [-0.05, 0) is 70.6 Å². The summed E-state index contributed by atoms with van der Waals surface area (Å²) < 4.78 is 1.78. The zero-order chi connectivity index (χ0) is 21.4. The first-order chi connectivity index (χ1) is 14.3. The monoisotopic (exact) mass is 427 g/mol. The average Bonchev–Trinajstić information content (AvgIpc) is 3.04. The predicted molar refractivity (Wildman–Crippen MR) is 117 cm³/mol. The molecule has 0 spiro atoms. The molecule has 1 saturated carbocycles. The Hall–Kier alpha value is -2.67. The largest absolute Gasteiger partial charge is 0.349 e. The smallest absolute Gasteiger partial charge is 0.327 e. The van der Waals surface area contributed by atoms with Crippen molar-refractivity contribution in [3.8, 4) is 0 Å². The zero-order valence-electron chi connectivity index (χ0n) is 17.4. The molecule has 0 radical (unpaired) electrons. The standard InChI is InChI=1S/C22H26ClN5O2/c1-12-4-9-19-20(25-12)28(22(30)27-19)14(3)15-5-7-17(8-6-15)26-21(29)18-10-16(23)11-24-13(18)2/h4,9-11,14-15,17H,5-8H2,1-3H3,(H,26,29)(H,27,30)/t14?,15-,17-. The molecule has 3 aromatic heterocycles. The lowest BCUT2D eigenvalue weighted by atomic mass is 9.82. The van der Waals surface area contributed by atoms with E-state index in [1.54, 1.807) is 23.8 Å². The van der Waals surface area contributed by atoms with Crippen LogP contribution < -0.4 is 11.0 Å². The number of rotatable bonds is 4. The van der Waals surface area contributed by atoms with Crippen LogP contribution in [0.1, 0.15) is 60.4 Å². The molecule has 0 aromatic carbocycles. The first-order valence-corrected chi connectivity index (χ1v) is 10.7. The van der Waals surface area contributed by atoms with Crippen LogP contribution in [-0.4, -0.2) is 31.5 Å². The molecular weight excluding hydrogens is 402 g/mol. The number of pyridine rings is 2. The number of hydrogen-bond acceptors (Lipinski definition) is 4.